The Morgan fingerprint density at radius 1 is 1.50 bits per heavy atom. The van der Waals surface area contributed by atoms with E-state index in [-0.39, 0.29) is 13.2 Å². The molecular weight excluding hydrogens is 428 g/mol. The van der Waals surface area contributed by atoms with Crippen LogP contribution < -0.4 is 15.8 Å². The van der Waals surface area contributed by atoms with Crippen molar-refractivity contribution in [1.82, 2.24) is 25.5 Å². The van der Waals surface area contributed by atoms with Crippen LogP contribution in [0, 0.1) is 0 Å². The number of tetrazole rings is 1. The number of nitrogens with one attached hydrogen (secondary N) is 1. The summed E-state index contributed by atoms with van der Waals surface area (Å²) >= 11 is 3.54. The number of rotatable bonds is 8. The van der Waals surface area contributed by atoms with E-state index in [1.54, 1.807) is 0 Å². The number of para-hydroxylation sites is 1. The number of aldehydes is 1. The van der Waals surface area contributed by atoms with Gasteiger partial charge in [-0.05, 0) is 41.1 Å². The van der Waals surface area contributed by atoms with Crippen LogP contribution in [-0.4, -0.2) is 51.4 Å². The van der Waals surface area contributed by atoms with Crippen molar-refractivity contribution in [3.05, 3.63) is 45.3 Å². The molecule has 28 heavy (non-hydrogen) atoms. The Bertz CT molecular complexity index is 899. The predicted molar refractivity (Wildman–Crippen MR) is 106 cm³/mol. The lowest BCUT2D eigenvalue weighted by atomic mass is 9.71. The second-order valence-electron chi connectivity index (χ2n) is 6.66. The average molecular weight is 451 g/mol. The highest BCUT2D eigenvalue weighted by Crippen LogP contribution is 2.51. The van der Waals surface area contributed by atoms with Crippen LogP contribution in [0.3, 0.4) is 0 Å². The van der Waals surface area contributed by atoms with Gasteiger partial charge in [0, 0.05) is 23.4 Å². The number of carbonyl (C=O) groups is 1. The van der Waals surface area contributed by atoms with Crippen molar-refractivity contribution in [2.75, 3.05) is 19.8 Å². The SMILES string of the molecule is CC1=C(C=O)C(C)(c2cccc(Br)c2OCCN)C(c2nnn(CCO)n2)N1. The average Bonchev–Trinajstić information content (AvgIpc) is 3.23. The molecule has 0 amide bonds. The number of carbonyl (C=O) groups excluding carboxylic acids is 1. The van der Waals surface area contributed by atoms with Crippen LogP contribution in [0.1, 0.15) is 31.3 Å². The van der Waals surface area contributed by atoms with Gasteiger partial charge in [-0.3, -0.25) is 4.79 Å². The Morgan fingerprint density at radius 3 is 2.96 bits per heavy atom. The van der Waals surface area contributed by atoms with E-state index >= 15 is 0 Å². The fourth-order valence-corrected chi connectivity index (χ4v) is 4.08. The number of nitrogens with zero attached hydrogens (tertiary/aromatic N) is 4. The molecule has 2 aromatic rings. The number of benzene rings is 1. The molecule has 0 aliphatic carbocycles. The van der Waals surface area contributed by atoms with Gasteiger partial charge in [-0.1, -0.05) is 12.1 Å². The van der Waals surface area contributed by atoms with Crippen molar-refractivity contribution in [3.63, 3.8) is 0 Å². The third kappa shape index (κ3) is 3.43. The van der Waals surface area contributed by atoms with Gasteiger partial charge in [-0.15, -0.1) is 10.2 Å². The minimum absolute atomic E-state index is 0.0925. The summed E-state index contributed by atoms with van der Waals surface area (Å²) in [7, 11) is 0. The molecule has 2 atom stereocenters. The van der Waals surface area contributed by atoms with E-state index in [9.17, 15) is 4.79 Å². The second kappa shape index (κ2) is 8.38. The molecule has 150 valence electrons. The fourth-order valence-electron chi connectivity index (χ4n) is 3.60. The van der Waals surface area contributed by atoms with E-state index in [4.69, 9.17) is 15.6 Å². The number of allylic oxidation sites excluding steroid dienone is 1. The Labute approximate surface area is 171 Å². The lowest BCUT2D eigenvalue weighted by Gasteiger charge is -2.33. The minimum Gasteiger partial charge on any atom is -0.491 e. The van der Waals surface area contributed by atoms with E-state index in [2.05, 4.69) is 36.7 Å². The van der Waals surface area contributed by atoms with Gasteiger partial charge in [0.2, 0.25) is 0 Å². The molecular formula is C18H23BrN6O3. The van der Waals surface area contributed by atoms with Gasteiger partial charge in [0.25, 0.3) is 0 Å². The van der Waals surface area contributed by atoms with E-state index in [0.29, 0.717) is 30.3 Å². The van der Waals surface area contributed by atoms with Crippen molar-refractivity contribution in [2.24, 2.45) is 5.73 Å². The zero-order valence-electron chi connectivity index (χ0n) is 15.7. The number of ether oxygens (including phenoxy) is 1. The first-order valence-corrected chi connectivity index (χ1v) is 9.70. The maximum absolute atomic E-state index is 12.0. The molecule has 4 N–H and O–H groups in total. The standard InChI is InChI=1S/C18H23BrN6O3/c1-11-13(10-27)18(2,12-4-3-5-14(19)15(12)28-9-6-20)16(21-11)17-22-24-25(23-17)7-8-26/h3-5,10,16,21,26H,6-9,20H2,1-2H3. The third-order valence-corrected chi connectivity index (χ3v) is 5.56. The molecule has 2 unspecified atom stereocenters. The van der Waals surface area contributed by atoms with Crippen LogP contribution in [0.2, 0.25) is 0 Å². The first-order chi connectivity index (χ1) is 13.5. The number of aliphatic hydroxyl groups is 1. The Morgan fingerprint density at radius 2 is 2.29 bits per heavy atom. The van der Waals surface area contributed by atoms with E-state index in [0.717, 1.165) is 22.0 Å². The molecule has 9 nitrogen and oxygen atoms in total. The molecule has 3 rings (SSSR count). The largest absolute Gasteiger partial charge is 0.491 e. The molecule has 10 heteroatoms. The monoisotopic (exact) mass is 450 g/mol. The zero-order chi connectivity index (χ0) is 20.3. The number of hydrogen-bond acceptors (Lipinski definition) is 8. The number of halogens is 1. The quantitative estimate of drug-likeness (QED) is 0.504. The van der Waals surface area contributed by atoms with Gasteiger partial charge >= 0.3 is 0 Å². The van der Waals surface area contributed by atoms with Crippen molar-refractivity contribution < 1.29 is 14.6 Å². The van der Waals surface area contributed by atoms with Crippen LogP contribution >= 0.6 is 15.9 Å². The lowest BCUT2D eigenvalue weighted by Crippen LogP contribution is -2.35. The molecule has 0 saturated heterocycles. The number of hydrogen-bond donors (Lipinski definition) is 3. The second-order valence-corrected chi connectivity index (χ2v) is 7.51. The molecule has 2 heterocycles. The van der Waals surface area contributed by atoms with Gasteiger partial charge in [0.05, 0.1) is 23.0 Å². The molecule has 0 radical (unpaired) electrons. The Balaban J connectivity index is 2.15. The van der Waals surface area contributed by atoms with Crippen LogP contribution in [-0.2, 0) is 16.8 Å². The first kappa shape index (κ1) is 20.4. The Hall–Kier alpha value is -2.30. The summed E-state index contributed by atoms with van der Waals surface area (Å²) in [6.45, 7) is 4.66. The number of aliphatic hydroxyl groups excluding tert-OH is 1. The molecule has 0 saturated carbocycles. The molecule has 0 spiro atoms. The van der Waals surface area contributed by atoms with Crippen molar-refractivity contribution in [1.29, 1.82) is 0 Å². The Kier molecular flexibility index (Phi) is 6.11. The lowest BCUT2D eigenvalue weighted by molar-refractivity contribution is -0.105. The summed E-state index contributed by atoms with van der Waals surface area (Å²) in [5, 5.41) is 25.0. The molecule has 0 fully saturated rings. The molecule has 1 aliphatic heterocycles. The van der Waals surface area contributed by atoms with Crippen LogP contribution in [0.5, 0.6) is 5.75 Å². The fraction of sp³-hybridized carbons (Fsp3) is 0.444. The van der Waals surface area contributed by atoms with Crippen LogP contribution in [0.25, 0.3) is 0 Å². The van der Waals surface area contributed by atoms with Gasteiger partial charge in [0.15, 0.2) is 5.82 Å². The number of aromatic nitrogens is 4. The smallest absolute Gasteiger partial charge is 0.198 e. The number of nitrogens with two attached hydrogens (primary N) is 1. The van der Waals surface area contributed by atoms with E-state index in [1.807, 2.05) is 32.0 Å². The van der Waals surface area contributed by atoms with E-state index < -0.39 is 11.5 Å². The predicted octanol–water partition coefficient (Wildman–Crippen LogP) is 0.840. The summed E-state index contributed by atoms with van der Waals surface area (Å²) in [6.07, 6.45) is 0.855. The summed E-state index contributed by atoms with van der Waals surface area (Å²) in [5.74, 6) is 1.05. The van der Waals surface area contributed by atoms with Crippen molar-refractivity contribution in [2.45, 2.75) is 31.8 Å². The molecule has 1 aromatic carbocycles. The van der Waals surface area contributed by atoms with Crippen LogP contribution in [0.4, 0.5) is 0 Å². The molecule has 1 aliphatic rings. The maximum Gasteiger partial charge on any atom is 0.198 e. The summed E-state index contributed by atoms with van der Waals surface area (Å²) in [5.41, 5.74) is 6.96. The topological polar surface area (TPSA) is 128 Å². The van der Waals surface area contributed by atoms with Gasteiger partial charge in [-0.2, -0.15) is 4.80 Å². The van der Waals surface area contributed by atoms with Gasteiger partial charge in [0.1, 0.15) is 24.7 Å². The van der Waals surface area contributed by atoms with E-state index in [1.165, 1.54) is 4.80 Å². The van der Waals surface area contributed by atoms with Crippen molar-refractivity contribution in [3.8, 4) is 5.75 Å². The normalized spacial score (nSPS) is 21.7. The van der Waals surface area contributed by atoms with Crippen molar-refractivity contribution >= 4 is 22.2 Å². The maximum atomic E-state index is 12.0. The summed E-state index contributed by atoms with van der Waals surface area (Å²) in [6, 6.07) is 5.26. The highest BCUT2D eigenvalue weighted by molar-refractivity contribution is 9.10. The van der Waals surface area contributed by atoms with Gasteiger partial charge < -0.3 is 20.9 Å². The first-order valence-electron chi connectivity index (χ1n) is 8.90. The minimum atomic E-state index is -0.799. The zero-order valence-corrected chi connectivity index (χ0v) is 17.3. The van der Waals surface area contributed by atoms with Crippen LogP contribution in [0.15, 0.2) is 33.9 Å². The van der Waals surface area contributed by atoms with Gasteiger partial charge in [-0.25, -0.2) is 0 Å². The summed E-state index contributed by atoms with van der Waals surface area (Å²) < 4.78 is 6.69. The third-order valence-electron chi connectivity index (χ3n) is 4.94. The highest BCUT2D eigenvalue weighted by atomic mass is 79.9. The molecule has 1 aromatic heterocycles. The molecule has 0 bridgehead atoms. The summed E-state index contributed by atoms with van der Waals surface area (Å²) in [4.78, 5) is 13.4. The highest BCUT2D eigenvalue weighted by Gasteiger charge is 2.49.